The second-order valence-electron chi connectivity index (χ2n) is 5.69. The predicted octanol–water partition coefficient (Wildman–Crippen LogP) is 2.89. The third-order valence-electron chi connectivity index (χ3n) is 4.30. The molecule has 1 heterocycles. The fraction of sp³-hybridized carbons (Fsp3) is 0.353. The Morgan fingerprint density at radius 3 is 2.50 bits per heavy atom. The van der Waals surface area contributed by atoms with E-state index in [0.29, 0.717) is 12.1 Å². The predicted molar refractivity (Wildman–Crippen MR) is 86.5 cm³/mol. The molecule has 0 radical (unpaired) electrons. The maximum Gasteiger partial charge on any atom is 0.243 e. The molecule has 116 valence electrons. The summed E-state index contributed by atoms with van der Waals surface area (Å²) in [6.45, 7) is 11.6. The first kappa shape index (κ1) is 16.5. The lowest BCUT2D eigenvalue weighted by molar-refractivity contribution is 0.381. The molecule has 0 amide bonds. The van der Waals surface area contributed by atoms with Crippen molar-refractivity contribution in [3.05, 3.63) is 54.6 Å². The average molecular weight is 316 g/mol. The van der Waals surface area contributed by atoms with E-state index < -0.39 is 10.0 Å². The van der Waals surface area contributed by atoms with Gasteiger partial charge < -0.3 is 0 Å². The maximum atomic E-state index is 12.9. The van der Waals surface area contributed by atoms with E-state index in [0.717, 1.165) is 5.56 Å². The molecule has 0 saturated carbocycles. The summed E-state index contributed by atoms with van der Waals surface area (Å²) in [5.74, 6) is -0.315. The van der Waals surface area contributed by atoms with E-state index >= 15 is 0 Å². The lowest BCUT2D eigenvalue weighted by Gasteiger charge is -2.24. The quantitative estimate of drug-likeness (QED) is 0.634. The molecule has 1 aromatic rings. The number of nitriles is 1. The van der Waals surface area contributed by atoms with Gasteiger partial charge in [0.25, 0.3) is 0 Å². The lowest BCUT2D eigenvalue weighted by Crippen LogP contribution is -2.36. The van der Waals surface area contributed by atoms with Crippen molar-refractivity contribution >= 4 is 10.0 Å². The molecular weight excluding hydrogens is 296 g/mol. The second kappa shape index (κ2) is 6.07. The number of nitrogens with zero attached hydrogens (tertiary/aromatic N) is 2. The summed E-state index contributed by atoms with van der Waals surface area (Å²) in [5, 5.41) is 9.11. The molecule has 0 spiro atoms. The molecule has 4 nitrogen and oxygen atoms in total. The minimum absolute atomic E-state index is 0.0950. The smallest absolute Gasteiger partial charge is 0.207 e. The summed E-state index contributed by atoms with van der Waals surface area (Å²) in [7, 11) is -3.59. The highest BCUT2D eigenvalue weighted by Crippen LogP contribution is 2.38. The standard InChI is InChI=1S/C17H20N2O2S/c1-5-15-11-19(14(4)17(15)13(3)10-18)22(20,21)16-8-6-12(2)7-9-16/h5-9,14-15,17H,1,3,11H2,2,4H3/t14-,15-,17+/m0/s1. The Kier molecular flexibility index (Phi) is 4.55. The number of benzene rings is 1. The number of sulfonamides is 1. The van der Waals surface area contributed by atoms with Gasteiger partial charge in [-0.2, -0.15) is 9.57 Å². The monoisotopic (exact) mass is 316 g/mol. The molecule has 0 aliphatic carbocycles. The Labute approximate surface area is 132 Å². The third-order valence-corrected chi connectivity index (χ3v) is 6.27. The van der Waals surface area contributed by atoms with Crippen molar-refractivity contribution in [3.63, 3.8) is 0 Å². The second-order valence-corrected chi connectivity index (χ2v) is 7.58. The molecule has 1 saturated heterocycles. The summed E-state index contributed by atoms with van der Waals surface area (Å²) in [4.78, 5) is 0.274. The van der Waals surface area contributed by atoms with Crippen molar-refractivity contribution < 1.29 is 8.42 Å². The van der Waals surface area contributed by atoms with E-state index in [1.54, 1.807) is 30.3 Å². The highest BCUT2D eigenvalue weighted by molar-refractivity contribution is 7.89. The summed E-state index contributed by atoms with van der Waals surface area (Å²) in [6, 6.07) is 8.54. The number of rotatable bonds is 4. The SMILES string of the molecule is C=C[C@H]1CN(S(=O)(=O)c2ccc(C)cc2)[C@@H](C)[C@H]1C(=C)C#N. The summed E-state index contributed by atoms with van der Waals surface area (Å²) >= 11 is 0. The zero-order valence-electron chi connectivity index (χ0n) is 12.9. The van der Waals surface area contributed by atoms with Crippen LogP contribution in [0.1, 0.15) is 12.5 Å². The average Bonchev–Trinajstić information content (AvgIpc) is 2.84. The largest absolute Gasteiger partial charge is 0.243 e. The van der Waals surface area contributed by atoms with E-state index in [1.165, 1.54) is 4.31 Å². The van der Waals surface area contributed by atoms with Gasteiger partial charge in [0.2, 0.25) is 10.0 Å². The van der Waals surface area contributed by atoms with Gasteiger partial charge in [-0.15, -0.1) is 6.58 Å². The molecule has 1 aromatic carbocycles. The highest BCUT2D eigenvalue weighted by Gasteiger charge is 2.45. The molecule has 22 heavy (non-hydrogen) atoms. The van der Waals surface area contributed by atoms with Crippen LogP contribution in [0, 0.1) is 30.1 Å². The molecule has 2 rings (SSSR count). The summed E-state index contributed by atoms with van der Waals surface area (Å²) in [5.41, 5.74) is 1.41. The molecule has 0 unspecified atom stereocenters. The fourth-order valence-electron chi connectivity index (χ4n) is 3.03. The van der Waals surface area contributed by atoms with E-state index in [-0.39, 0.29) is 22.8 Å². The van der Waals surface area contributed by atoms with Gasteiger partial charge in [0.15, 0.2) is 0 Å². The first-order valence-corrected chi connectivity index (χ1v) is 8.57. The van der Waals surface area contributed by atoms with Crippen LogP contribution in [0.15, 0.2) is 54.0 Å². The fourth-order valence-corrected chi connectivity index (χ4v) is 4.72. The van der Waals surface area contributed by atoms with Crippen LogP contribution in [0.25, 0.3) is 0 Å². The van der Waals surface area contributed by atoms with E-state index in [4.69, 9.17) is 5.26 Å². The Hall–Kier alpha value is -1.90. The van der Waals surface area contributed by atoms with Crippen LogP contribution in [-0.2, 0) is 10.0 Å². The first-order chi connectivity index (χ1) is 10.3. The van der Waals surface area contributed by atoms with Crippen molar-refractivity contribution in [2.45, 2.75) is 24.8 Å². The highest BCUT2D eigenvalue weighted by atomic mass is 32.2. The van der Waals surface area contributed by atoms with Crippen LogP contribution in [-0.4, -0.2) is 25.3 Å². The van der Waals surface area contributed by atoms with Crippen LogP contribution >= 0.6 is 0 Å². The van der Waals surface area contributed by atoms with Crippen LogP contribution in [0.2, 0.25) is 0 Å². The van der Waals surface area contributed by atoms with Crippen molar-refractivity contribution in [1.29, 1.82) is 5.26 Å². The number of hydrogen-bond donors (Lipinski definition) is 0. The molecule has 0 bridgehead atoms. The van der Waals surface area contributed by atoms with E-state index in [2.05, 4.69) is 19.2 Å². The lowest BCUT2D eigenvalue weighted by atomic mass is 9.86. The minimum Gasteiger partial charge on any atom is -0.207 e. The minimum atomic E-state index is -3.59. The topological polar surface area (TPSA) is 61.2 Å². The van der Waals surface area contributed by atoms with Crippen LogP contribution in [0.5, 0.6) is 0 Å². The van der Waals surface area contributed by atoms with Crippen LogP contribution in [0.4, 0.5) is 0 Å². The van der Waals surface area contributed by atoms with Crippen LogP contribution in [0.3, 0.4) is 0 Å². The van der Waals surface area contributed by atoms with Gasteiger partial charge in [0.1, 0.15) is 0 Å². The zero-order chi connectivity index (χ0) is 16.5. The Bertz CT molecular complexity index is 729. The molecule has 5 heteroatoms. The number of hydrogen-bond acceptors (Lipinski definition) is 3. The third kappa shape index (κ3) is 2.72. The van der Waals surface area contributed by atoms with E-state index in [9.17, 15) is 8.42 Å². The molecular formula is C17H20N2O2S. The summed E-state index contributed by atoms with van der Waals surface area (Å²) in [6.07, 6.45) is 1.72. The summed E-state index contributed by atoms with van der Waals surface area (Å²) < 4.78 is 27.2. The Balaban J connectivity index is 2.40. The van der Waals surface area contributed by atoms with Gasteiger partial charge in [-0.25, -0.2) is 8.42 Å². The number of aryl methyl sites for hydroxylation is 1. The Morgan fingerprint density at radius 2 is 2.00 bits per heavy atom. The van der Waals surface area contributed by atoms with Gasteiger partial charge in [0.05, 0.1) is 11.0 Å². The van der Waals surface area contributed by atoms with Crippen molar-refractivity contribution in [3.8, 4) is 6.07 Å². The van der Waals surface area contributed by atoms with Crippen molar-refractivity contribution in [2.24, 2.45) is 11.8 Å². The van der Waals surface area contributed by atoms with Gasteiger partial charge in [0, 0.05) is 24.1 Å². The van der Waals surface area contributed by atoms with Gasteiger partial charge in [-0.05, 0) is 31.9 Å². The first-order valence-electron chi connectivity index (χ1n) is 7.13. The zero-order valence-corrected chi connectivity index (χ0v) is 13.7. The molecule has 1 fully saturated rings. The van der Waals surface area contributed by atoms with Gasteiger partial charge in [-0.1, -0.05) is 30.4 Å². The van der Waals surface area contributed by atoms with Gasteiger partial charge >= 0.3 is 0 Å². The normalized spacial score (nSPS) is 25.6. The Morgan fingerprint density at radius 1 is 1.41 bits per heavy atom. The van der Waals surface area contributed by atoms with Crippen molar-refractivity contribution in [2.75, 3.05) is 6.54 Å². The van der Waals surface area contributed by atoms with Crippen molar-refractivity contribution in [1.82, 2.24) is 4.31 Å². The maximum absolute atomic E-state index is 12.9. The molecule has 3 atom stereocenters. The molecule has 0 N–H and O–H groups in total. The molecule has 1 aliphatic rings. The molecule has 1 aliphatic heterocycles. The van der Waals surface area contributed by atoms with Gasteiger partial charge in [-0.3, -0.25) is 0 Å². The van der Waals surface area contributed by atoms with Crippen LogP contribution < -0.4 is 0 Å². The molecule has 0 aromatic heterocycles. The van der Waals surface area contributed by atoms with E-state index in [1.807, 2.05) is 13.8 Å².